The fourth-order valence-corrected chi connectivity index (χ4v) is 11.2. The van der Waals surface area contributed by atoms with Crippen LogP contribution in [0.15, 0.2) is 60.7 Å². The Balaban J connectivity index is 0.884. The van der Waals surface area contributed by atoms with E-state index >= 15 is 0 Å². The molecule has 6 saturated heterocycles. The number of carbonyl (C=O) groups excluding carboxylic acids is 4. The molecule has 8 aliphatic rings. The fraction of sp³-hybridized carbons (Fsp3) is 0.667. The Morgan fingerprint density at radius 1 is 0.716 bits per heavy atom. The summed E-state index contributed by atoms with van der Waals surface area (Å²) in [5.41, 5.74) is 1.65. The summed E-state index contributed by atoms with van der Waals surface area (Å²) in [6, 6.07) is 16.4. The van der Waals surface area contributed by atoms with Gasteiger partial charge in [-0.25, -0.2) is 19.2 Å². The molecule has 2 aromatic rings. The molecule has 0 radical (unpaired) electrons. The average Bonchev–Trinajstić information content (AvgIpc) is 3.85. The summed E-state index contributed by atoms with van der Waals surface area (Å²) in [7, 11) is 1.64. The molecule has 364 valence electrons. The first kappa shape index (κ1) is 46.0. The van der Waals surface area contributed by atoms with Crippen LogP contribution >= 0.6 is 0 Å². The Kier molecular flexibility index (Phi) is 13.3. The van der Waals surface area contributed by atoms with Crippen LogP contribution in [0.25, 0.3) is 0 Å². The van der Waals surface area contributed by atoms with Gasteiger partial charge in [0.2, 0.25) is 0 Å². The van der Waals surface area contributed by atoms with Crippen LogP contribution in [-0.4, -0.2) is 134 Å². The van der Waals surface area contributed by atoms with Crippen molar-refractivity contribution in [1.29, 1.82) is 0 Å². The lowest BCUT2D eigenvalue weighted by atomic mass is 9.82. The molecule has 6 heterocycles. The van der Waals surface area contributed by atoms with E-state index in [1.165, 1.54) is 4.90 Å². The van der Waals surface area contributed by atoms with E-state index in [1.807, 2.05) is 81.4 Å². The number of hydrogen-bond acceptors (Lipinski definition) is 15. The molecule has 3 N–H and O–H groups in total. The molecule has 2 aromatic carbocycles. The molecule has 2 saturated carbocycles. The molecule has 19 heteroatoms. The molecule has 17 atom stereocenters. The molecule has 4 amide bonds. The molecular formula is C48H62N4O15. The zero-order valence-corrected chi connectivity index (χ0v) is 38.2. The SMILES string of the molecule is CC1C[C@@H]2OC(O[C@H]3OC4COC(=O)N[C@H]4[C@H](C)C3C)C3C(OC(=O)N3C)C2O[C@@H]1O[C@@H]1C(NC(=O)OCc2ccccc2)C[C@@H](NC(=O)OCc2ccccc2)C2OC3(CCCCC3)O[C@H]21. The second-order valence-corrected chi connectivity index (χ2v) is 19.4. The van der Waals surface area contributed by atoms with Crippen LogP contribution in [0, 0.1) is 17.8 Å². The van der Waals surface area contributed by atoms with E-state index in [9.17, 15) is 19.2 Å². The van der Waals surface area contributed by atoms with Crippen LogP contribution in [0.3, 0.4) is 0 Å². The largest absolute Gasteiger partial charge is 0.447 e. The number of cyclic esters (lactones) is 1. The molecule has 0 bridgehead atoms. The second kappa shape index (κ2) is 19.3. The van der Waals surface area contributed by atoms with Crippen LogP contribution in [0.1, 0.15) is 76.8 Å². The van der Waals surface area contributed by atoms with Gasteiger partial charge in [0.15, 0.2) is 30.8 Å². The highest BCUT2D eigenvalue weighted by molar-refractivity contribution is 5.71. The molecule has 2 aliphatic carbocycles. The van der Waals surface area contributed by atoms with Crippen LogP contribution in [0.5, 0.6) is 0 Å². The number of nitrogens with one attached hydrogen (secondary N) is 3. The summed E-state index contributed by atoms with van der Waals surface area (Å²) in [4.78, 5) is 54.0. The average molecular weight is 935 g/mol. The van der Waals surface area contributed by atoms with Gasteiger partial charge in [0.05, 0.1) is 24.2 Å². The Morgan fingerprint density at radius 3 is 2.04 bits per heavy atom. The number of rotatable bonds is 10. The van der Waals surface area contributed by atoms with Crippen LogP contribution < -0.4 is 16.0 Å². The van der Waals surface area contributed by atoms with Crippen LogP contribution in [0.2, 0.25) is 0 Å². The highest BCUT2D eigenvalue weighted by Crippen LogP contribution is 2.48. The van der Waals surface area contributed by atoms with Crippen molar-refractivity contribution in [3.8, 4) is 0 Å². The van der Waals surface area contributed by atoms with E-state index in [-0.39, 0.29) is 50.0 Å². The van der Waals surface area contributed by atoms with Gasteiger partial charge in [-0.1, -0.05) is 87.9 Å². The molecule has 8 fully saturated rings. The summed E-state index contributed by atoms with van der Waals surface area (Å²) in [6.07, 6.45) is -4.88. The molecule has 10 rings (SSSR count). The topological polar surface area (TPSA) is 209 Å². The van der Waals surface area contributed by atoms with E-state index in [0.29, 0.717) is 19.3 Å². The number of carbonyl (C=O) groups is 4. The lowest BCUT2D eigenvalue weighted by Gasteiger charge is -2.51. The van der Waals surface area contributed by atoms with Gasteiger partial charge in [-0.15, -0.1) is 0 Å². The molecule has 0 aromatic heterocycles. The van der Waals surface area contributed by atoms with Gasteiger partial charge in [-0.2, -0.15) is 0 Å². The second-order valence-electron chi connectivity index (χ2n) is 19.4. The van der Waals surface area contributed by atoms with Gasteiger partial charge >= 0.3 is 24.4 Å². The third-order valence-corrected chi connectivity index (χ3v) is 15.0. The number of nitrogens with zero attached hydrogens (tertiary/aromatic N) is 1. The van der Waals surface area contributed by atoms with Crippen LogP contribution in [0.4, 0.5) is 19.2 Å². The molecular weight excluding hydrogens is 873 g/mol. The normalized spacial score (nSPS) is 39.6. The highest BCUT2D eigenvalue weighted by atomic mass is 16.8. The Morgan fingerprint density at radius 2 is 1.36 bits per heavy atom. The maximum atomic E-state index is 13.7. The smallest absolute Gasteiger partial charge is 0.410 e. The monoisotopic (exact) mass is 934 g/mol. The highest BCUT2D eigenvalue weighted by Gasteiger charge is 2.62. The quantitative estimate of drug-likeness (QED) is 0.261. The van der Waals surface area contributed by atoms with Crippen molar-refractivity contribution in [3.63, 3.8) is 0 Å². The van der Waals surface area contributed by atoms with Gasteiger partial charge in [0, 0.05) is 31.7 Å². The first-order valence-corrected chi connectivity index (χ1v) is 23.9. The summed E-state index contributed by atoms with van der Waals surface area (Å²) in [5.74, 6) is -1.35. The number of hydrogen-bond donors (Lipinski definition) is 3. The predicted molar refractivity (Wildman–Crippen MR) is 231 cm³/mol. The van der Waals surface area contributed by atoms with Gasteiger partial charge in [-0.3, -0.25) is 4.90 Å². The van der Waals surface area contributed by atoms with E-state index in [4.69, 9.17) is 52.1 Å². The molecule has 67 heavy (non-hydrogen) atoms. The van der Waals surface area contributed by atoms with Gasteiger partial charge in [-0.05, 0) is 42.7 Å². The maximum Gasteiger partial charge on any atom is 0.410 e. The lowest BCUT2D eigenvalue weighted by Crippen LogP contribution is -2.67. The molecule has 1 spiro atoms. The number of fused-ring (bicyclic) bond motifs is 5. The maximum absolute atomic E-state index is 13.7. The van der Waals surface area contributed by atoms with Gasteiger partial charge in [0.1, 0.15) is 56.4 Å². The zero-order chi connectivity index (χ0) is 46.4. The van der Waals surface area contributed by atoms with Crippen molar-refractivity contribution >= 4 is 24.4 Å². The van der Waals surface area contributed by atoms with Crippen molar-refractivity contribution in [3.05, 3.63) is 71.8 Å². The van der Waals surface area contributed by atoms with Gasteiger partial charge < -0.3 is 68.1 Å². The lowest BCUT2D eigenvalue weighted by molar-refractivity contribution is -0.369. The Labute approximate surface area is 389 Å². The number of alkyl carbamates (subject to hydrolysis) is 3. The minimum absolute atomic E-state index is 0.0101. The fourth-order valence-electron chi connectivity index (χ4n) is 11.2. The van der Waals surface area contributed by atoms with Crippen molar-refractivity contribution in [2.45, 2.75) is 170 Å². The third-order valence-electron chi connectivity index (χ3n) is 15.0. The van der Waals surface area contributed by atoms with E-state index in [2.05, 4.69) is 16.0 Å². The molecule has 9 unspecified atom stereocenters. The summed E-state index contributed by atoms with van der Waals surface area (Å²) in [5, 5.41) is 8.98. The van der Waals surface area contributed by atoms with Crippen molar-refractivity contribution < 1.29 is 71.3 Å². The molecule has 19 nitrogen and oxygen atoms in total. The number of amides is 4. The van der Waals surface area contributed by atoms with Crippen molar-refractivity contribution in [2.24, 2.45) is 17.8 Å². The minimum Gasteiger partial charge on any atom is -0.447 e. The van der Waals surface area contributed by atoms with Gasteiger partial charge in [0.25, 0.3) is 0 Å². The summed E-state index contributed by atoms with van der Waals surface area (Å²) in [6.45, 7) is 6.22. The van der Waals surface area contributed by atoms with E-state index < -0.39 is 110 Å². The number of ether oxygens (including phenoxy) is 11. The van der Waals surface area contributed by atoms with E-state index in [1.54, 1.807) is 7.05 Å². The molecule has 6 aliphatic heterocycles. The summed E-state index contributed by atoms with van der Waals surface area (Å²) < 4.78 is 70.2. The zero-order valence-electron chi connectivity index (χ0n) is 38.2. The van der Waals surface area contributed by atoms with E-state index in [0.717, 1.165) is 30.4 Å². The first-order chi connectivity index (χ1) is 32.4. The first-order valence-electron chi connectivity index (χ1n) is 23.9. The summed E-state index contributed by atoms with van der Waals surface area (Å²) >= 11 is 0. The third kappa shape index (κ3) is 9.52. The van der Waals surface area contributed by atoms with Crippen molar-refractivity contribution in [1.82, 2.24) is 20.9 Å². The Bertz CT molecular complexity index is 2080. The standard InChI is InChI=1S/C48H62N4O15/c1-25-20-32-38(39-35(52(4)47(56)64-39)43(60-32)65-42-27(3)26(2)34-33(61-42)24-59-46(55)51-34)63-41(25)62-36-30(49-44(53)57-22-28-14-8-5-9-15-28)21-31(50-45(54)58-23-29-16-10-6-11-17-29)37-40(36)67-48(66-37)18-12-7-13-19-48/h5-6,8-11,14-17,25-27,30-43H,7,12-13,18-24H2,1-4H3,(H,49,53)(H,50,54)(H,51,55)/t25?,26-,27?,30?,31-,32+,33?,34+,35?,36-,37?,38?,39?,40+,41+,42-,43?/m1/s1. The Hall–Kier alpha value is -4.76. The predicted octanol–water partition coefficient (Wildman–Crippen LogP) is 5.23. The number of benzene rings is 2. The minimum atomic E-state index is -0.930. The number of likely N-dealkylation sites (N-methyl/N-ethyl adjacent to an activating group) is 1. The van der Waals surface area contributed by atoms with Crippen molar-refractivity contribution in [2.75, 3.05) is 13.7 Å². The van der Waals surface area contributed by atoms with Crippen LogP contribution in [-0.2, 0) is 65.3 Å².